The van der Waals surface area contributed by atoms with E-state index >= 15 is 0 Å². The van der Waals surface area contributed by atoms with Crippen molar-refractivity contribution in [2.45, 2.75) is 51.2 Å². The lowest BCUT2D eigenvalue weighted by Gasteiger charge is -2.49. The number of thiophene rings is 1. The highest BCUT2D eigenvalue weighted by molar-refractivity contribution is 7.12. The third-order valence-corrected chi connectivity index (χ3v) is 7.70. The molecule has 2 heterocycles. The summed E-state index contributed by atoms with van der Waals surface area (Å²) >= 11 is 1.18. The summed E-state index contributed by atoms with van der Waals surface area (Å²) in [5.41, 5.74) is -3.12. The minimum atomic E-state index is -5.38. The van der Waals surface area contributed by atoms with Crippen LogP contribution < -0.4 is 5.32 Å². The Labute approximate surface area is 239 Å². The normalized spacial score (nSPS) is 18.1. The molecule has 4 rings (SSSR count). The topological polar surface area (TPSA) is 89.9 Å². The van der Waals surface area contributed by atoms with Gasteiger partial charge >= 0.3 is 6.18 Å². The monoisotopic (exact) mass is 585 g/mol. The number of nitrogens with one attached hydrogen (secondary N) is 1. The van der Waals surface area contributed by atoms with E-state index < -0.39 is 54.0 Å². The third-order valence-electron chi connectivity index (χ3n) is 6.84. The molecule has 11 heteroatoms. The maximum atomic E-state index is 14.8. The van der Waals surface area contributed by atoms with Crippen LogP contribution in [-0.2, 0) is 16.0 Å². The van der Waals surface area contributed by atoms with Crippen LogP contribution in [0.2, 0.25) is 0 Å². The van der Waals surface area contributed by atoms with Crippen molar-refractivity contribution < 1.29 is 32.7 Å². The number of hydrogen-bond acceptors (Lipinski definition) is 5. The Morgan fingerprint density at radius 2 is 1.61 bits per heavy atom. The molecule has 7 nitrogen and oxygen atoms in total. The second kappa shape index (κ2) is 11.9. The molecule has 3 aromatic rings. The summed E-state index contributed by atoms with van der Waals surface area (Å²) in [7, 11) is 0. The fraction of sp³-hybridized carbons (Fsp3) is 0.300. The molecule has 3 unspecified atom stereocenters. The number of hydrogen-bond donors (Lipinski definition) is 2. The first-order valence-electron chi connectivity index (χ1n) is 12.9. The zero-order chi connectivity index (χ0) is 29.9. The van der Waals surface area contributed by atoms with Gasteiger partial charge in [-0.1, -0.05) is 80.6 Å². The number of aliphatic hydroxyl groups is 1. The Balaban J connectivity index is 2.00. The number of carbonyl (C=O) groups is 3. The van der Waals surface area contributed by atoms with Crippen LogP contribution in [0, 0.1) is 5.92 Å². The van der Waals surface area contributed by atoms with Crippen molar-refractivity contribution >= 4 is 34.8 Å². The fourth-order valence-electron chi connectivity index (χ4n) is 4.99. The molecule has 0 fully saturated rings. The van der Waals surface area contributed by atoms with Crippen LogP contribution in [0.3, 0.4) is 0 Å². The van der Waals surface area contributed by atoms with E-state index in [2.05, 4.69) is 0 Å². The van der Waals surface area contributed by atoms with Crippen LogP contribution in [0.25, 0.3) is 5.70 Å². The molecule has 2 aromatic carbocycles. The quantitative estimate of drug-likeness (QED) is 0.362. The lowest BCUT2D eigenvalue weighted by Crippen LogP contribution is -2.72. The zero-order valence-corrected chi connectivity index (χ0v) is 23.4. The highest BCUT2D eigenvalue weighted by Crippen LogP contribution is 2.41. The molecule has 0 aliphatic carbocycles. The summed E-state index contributed by atoms with van der Waals surface area (Å²) in [5, 5.41) is 14.8. The van der Waals surface area contributed by atoms with Gasteiger partial charge in [0.1, 0.15) is 6.04 Å². The van der Waals surface area contributed by atoms with Crippen molar-refractivity contribution in [2.24, 2.45) is 5.92 Å². The molecule has 1 aliphatic heterocycles. The van der Waals surface area contributed by atoms with Gasteiger partial charge in [-0.05, 0) is 34.9 Å². The molecule has 41 heavy (non-hydrogen) atoms. The van der Waals surface area contributed by atoms with Gasteiger partial charge in [0.15, 0.2) is 0 Å². The van der Waals surface area contributed by atoms with Crippen LogP contribution >= 0.6 is 11.3 Å². The van der Waals surface area contributed by atoms with E-state index in [9.17, 15) is 32.7 Å². The third kappa shape index (κ3) is 6.06. The minimum Gasteiger partial charge on any atom is -0.362 e. The van der Waals surface area contributed by atoms with Crippen molar-refractivity contribution in [1.82, 2.24) is 15.1 Å². The lowest BCUT2D eigenvalue weighted by molar-refractivity contribution is -0.287. The van der Waals surface area contributed by atoms with Gasteiger partial charge in [0.2, 0.25) is 5.91 Å². The number of carbonyl (C=O) groups excluding carboxylic acids is 3. The molecular weight excluding hydrogens is 555 g/mol. The van der Waals surface area contributed by atoms with Gasteiger partial charge in [0.05, 0.1) is 16.6 Å². The molecule has 0 saturated carbocycles. The second-order valence-electron chi connectivity index (χ2n) is 10.1. The maximum Gasteiger partial charge on any atom is 0.438 e. The molecule has 0 bridgehead atoms. The summed E-state index contributed by atoms with van der Waals surface area (Å²) in [5.74, 6) is -2.94. The first kappa shape index (κ1) is 30.0. The molecule has 1 aromatic heterocycles. The summed E-state index contributed by atoms with van der Waals surface area (Å²) < 4.78 is 44.4. The number of nitrogens with zero attached hydrogens (tertiary/aromatic N) is 2. The van der Waals surface area contributed by atoms with Crippen LogP contribution in [-0.4, -0.2) is 56.6 Å². The minimum absolute atomic E-state index is 0.0219. The highest BCUT2D eigenvalue weighted by atomic mass is 32.1. The van der Waals surface area contributed by atoms with Gasteiger partial charge in [-0.2, -0.15) is 13.2 Å². The van der Waals surface area contributed by atoms with E-state index in [-0.39, 0.29) is 5.70 Å². The standard InChI is InChI=1S/C30H30F3N3O4S/c1-19(2)26-28(39)36(23(22-13-8-5-9-14-22)18-35(26)27(38)24-15-10-16-41-24)25(17-21-11-6-4-7-12-21)29(40,30(31,32)33)34-20(3)37/h4-16,18-19,25-26,40H,17H2,1-3H3,(H,34,37). The Bertz CT molecular complexity index is 1410. The lowest BCUT2D eigenvalue weighted by atomic mass is 9.88. The Kier molecular flexibility index (Phi) is 8.69. The molecule has 3 amide bonds. The van der Waals surface area contributed by atoms with Crippen molar-refractivity contribution in [3.63, 3.8) is 0 Å². The molecule has 3 atom stereocenters. The SMILES string of the molecule is CC(=O)NC(O)(C(Cc1ccccc1)N1C(=O)C(C(C)C)N(C(=O)c2cccs2)C=C1c1ccccc1)C(F)(F)F. The summed E-state index contributed by atoms with van der Waals surface area (Å²) in [6.45, 7) is 4.24. The Morgan fingerprint density at radius 1 is 1.00 bits per heavy atom. The predicted octanol–water partition coefficient (Wildman–Crippen LogP) is 5.05. The number of benzene rings is 2. The van der Waals surface area contributed by atoms with Crippen molar-refractivity contribution in [2.75, 3.05) is 0 Å². The first-order chi connectivity index (χ1) is 19.3. The highest BCUT2D eigenvalue weighted by Gasteiger charge is 2.63. The van der Waals surface area contributed by atoms with Gasteiger partial charge in [-0.3, -0.25) is 24.2 Å². The van der Waals surface area contributed by atoms with E-state index in [4.69, 9.17) is 0 Å². The van der Waals surface area contributed by atoms with E-state index in [1.54, 1.807) is 97.3 Å². The zero-order valence-electron chi connectivity index (χ0n) is 22.6. The number of halogens is 3. The number of amides is 3. The molecule has 0 spiro atoms. The van der Waals surface area contributed by atoms with Gasteiger partial charge < -0.3 is 10.4 Å². The number of alkyl halides is 3. The second-order valence-corrected chi connectivity index (χ2v) is 11.1. The Morgan fingerprint density at radius 3 is 2.12 bits per heavy atom. The van der Waals surface area contributed by atoms with Crippen LogP contribution in [0.15, 0.2) is 84.4 Å². The van der Waals surface area contributed by atoms with Crippen molar-refractivity contribution in [3.8, 4) is 0 Å². The van der Waals surface area contributed by atoms with E-state index in [0.29, 0.717) is 16.0 Å². The van der Waals surface area contributed by atoms with Crippen LogP contribution in [0.1, 0.15) is 41.6 Å². The van der Waals surface area contributed by atoms with Gasteiger partial charge in [0.25, 0.3) is 17.5 Å². The van der Waals surface area contributed by atoms with Gasteiger partial charge in [0, 0.05) is 13.1 Å². The van der Waals surface area contributed by atoms with Crippen LogP contribution in [0.5, 0.6) is 0 Å². The molecule has 2 N–H and O–H groups in total. The molecule has 0 radical (unpaired) electrons. The average Bonchev–Trinajstić information content (AvgIpc) is 3.46. The molecule has 1 aliphatic rings. The van der Waals surface area contributed by atoms with Crippen molar-refractivity contribution in [3.05, 3.63) is 100 Å². The molecule has 216 valence electrons. The van der Waals surface area contributed by atoms with E-state index in [1.807, 2.05) is 0 Å². The average molecular weight is 586 g/mol. The number of rotatable bonds is 8. The summed E-state index contributed by atoms with van der Waals surface area (Å²) in [6.07, 6.45) is -4.47. The first-order valence-corrected chi connectivity index (χ1v) is 13.8. The van der Waals surface area contributed by atoms with E-state index in [1.165, 1.54) is 22.4 Å². The Hall–Kier alpha value is -3.96. The molecular formula is C30H30F3N3O4S. The molecule has 0 saturated heterocycles. The smallest absolute Gasteiger partial charge is 0.362 e. The van der Waals surface area contributed by atoms with Gasteiger partial charge in [-0.15, -0.1) is 11.3 Å². The largest absolute Gasteiger partial charge is 0.438 e. The van der Waals surface area contributed by atoms with Gasteiger partial charge in [-0.25, -0.2) is 0 Å². The fourth-order valence-corrected chi connectivity index (χ4v) is 5.66. The summed E-state index contributed by atoms with van der Waals surface area (Å²) in [6, 6.07) is 16.4. The summed E-state index contributed by atoms with van der Waals surface area (Å²) in [4.78, 5) is 42.6. The van der Waals surface area contributed by atoms with Crippen molar-refractivity contribution in [1.29, 1.82) is 0 Å². The predicted molar refractivity (Wildman–Crippen MR) is 149 cm³/mol. The maximum absolute atomic E-state index is 14.8. The van der Waals surface area contributed by atoms with E-state index in [0.717, 1.165) is 11.8 Å². The van der Waals surface area contributed by atoms with Crippen LogP contribution in [0.4, 0.5) is 13.2 Å².